The fourth-order valence-corrected chi connectivity index (χ4v) is 2.48. The highest BCUT2D eigenvalue weighted by Gasteiger charge is 2.10. The molecule has 3 aromatic rings. The van der Waals surface area contributed by atoms with Crippen molar-refractivity contribution >= 4 is 23.5 Å². The lowest BCUT2D eigenvalue weighted by molar-refractivity contribution is -0.124. The second-order valence-corrected chi connectivity index (χ2v) is 6.13. The molecule has 0 spiro atoms. The third-order valence-electron chi connectivity index (χ3n) is 3.77. The first kappa shape index (κ1) is 18.6. The van der Waals surface area contributed by atoms with E-state index in [0.29, 0.717) is 23.6 Å². The molecule has 1 N–H and O–H groups in total. The Morgan fingerprint density at radius 2 is 1.81 bits per heavy atom. The van der Waals surface area contributed by atoms with E-state index in [-0.39, 0.29) is 12.5 Å². The average molecular weight is 385 g/mol. The number of aromatic nitrogens is 3. The van der Waals surface area contributed by atoms with Crippen LogP contribution >= 0.6 is 11.6 Å². The summed E-state index contributed by atoms with van der Waals surface area (Å²) in [6.07, 6.45) is 3.65. The first-order chi connectivity index (χ1) is 13.1. The van der Waals surface area contributed by atoms with E-state index in [9.17, 15) is 9.59 Å². The van der Waals surface area contributed by atoms with Crippen LogP contribution in [0.5, 0.6) is 0 Å². The molecular formula is C19H17ClN4O3. The van der Waals surface area contributed by atoms with Crippen LogP contribution in [0.1, 0.15) is 15.9 Å². The summed E-state index contributed by atoms with van der Waals surface area (Å²) in [6, 6.07) is 14.1. The predicted molar refractivity (Wildman–Crippen MR) is 99.8 cm³/mol. The third-order valence-corrected chi connectivity index (χ3v) is 4.02. The zero-order valence-electron chi connectivity index (χ0n) is 14.3. The van der Waals surface area contributed by atoms with Crippen molar-refractivity contribution in [1.82, 2.24) is 20.1 Å². The number of benzene rings is 2. The Morgan fingerprint density at radius 1 is 1.07 bits per heavy atom. The topological polar surface area (TPSA) is 86.1 Å². The zero-order valence-corrected chi connectivity index (χ0v) is 15.1. The molecule has 0 aliphatic rings. The summed E-state index contributed by atoms with van der Waals surface area (Å²) in [7, 11) is 0. The molecule has 3 rings (SSSR count). The number of ether oxygens (including phenoxy) is 1. The van der Waals surface area contributed by atoms with Crippen LogP contribution in [0.15, 0.2) is 61.2 Å². The van der Waals surface area contributed by atoms with Crippen LogP contribution in [-0.4, -0.2) is 39.8 Å². The summed E-state index contributed by atoms with van der Waals surface area (Å²) < 4.78 is 6.61. The van der Waals surface area contributed by atoms with Crippen molar-refractivity contribution in [3.05, 3.63) is 77.3 Å². The molecule has 1 aromatic heterocycles. The number of nitrogens with zero attached hydrogens (tertiary/aromatic N) is 3. The van der Waals surface area contributed by atoms with Gasteiger partial charge in [-0.1, -0.05) is 23.7 Å². The molecular weight excluding hydrogens is 368 g/mol. The first-order valence-electron chi connectivity index (χ1n) is 8.25. The summed E-state index contributed by atoms with van der Waals surface area (Å²) in [5.41, 5.74) is 2.18. The van der Waals surface area contributed by atoms with Gasteiger partial charge in [0.2, 0.25) is 0 Å². The Morgan fingerprint density at radius 3 is 2.48 bits per heavy atom. The molecule has 2 aromatic carbocycles. The second-order valence-electron chi connectivity index (χ2n) is 5.69. The Kier molecular flexibility index (Phi) is 6.17. The fraction of sp³-hybridized carbons (Fsp3) is 0.158. The van der Waals surface area contributed by atoms with Crippen molar-refractivity contribution in [3.8, 4) is 5.69 Å². The maximum atomic E-state index is 12.0. The molecule has 0 bridgehead atoms. The number of hydrogen-bond acceptors (Lipinski definition) is 5. The maximum absolute atomic E-state index is 12.0. The van der Waals surface area contributed by atoms with Crippen LogP contribution in [0.3, 0.4) is 0 Å². The molecule has 138 valence electrons. The lowest BCUT2D eigenvalue weighted by Crippen LogP contribution is -2.30. The van der Waals surface area contributed by atoms with Gasteiger partial charge in [-0.3, -0.25) is 4.79 Å². The minimum Gasteiger partial charge on any atom is -0.452 e. The van der Waals surface area contributed by atoms with E-state index in [1.807, 2.05) is 12.1 Å². The quantitative estimate of drug-likeness (QED) is 0.632. The molecule has 0 atom stereocenters. The summed E-state index contributed by atoms with van der Waals surface area (Å²) in [6.45, 7) is 0.120. The van der Waals surface area contributed by atoms with Crippen molar-refractivity contribution in [2.24, 2.45) is 0 Å². The van der Waals surface area contributed by atoms with Gasteiger partial charge in [-0.15, -0.1) is 0 Å². The lowest BCUT2D eigenvalue weighted by atomic mass is 10.1. The van der Waals surface area contributed by atoms with Gasteiger partial charge in [0.15, 0.2) is 6.61 Å². The zero-order chi connectivity index (χ0) is 19.1. The van der Waals surface area contributed by atoms with Gasteiger partial charge in [0.1, 0.15) is 12.7 Å². The molecule has 7 nitrogen and oxygen atoms in total. The van der Waals surface area contributed by atoms with E-state index >= 15 is 0 Å². The van der Waals surface area contributed by atoms with Gasteiger partial charge in [-0.2, -0.15) is 5.10 Å². The number of carbonyl (C=O) groups is 2. The van der Waals surface area contributed by atoms with Crippen LogP contribution < -0.4 is 5.32 Å². The monoisotopic (exact) mass is 384 g/mol. The molecule has 0 saturated carbocycles. The van der Waals surface area contributed by atoms with E-state index in [1.54, 1.807) is 47.4 Å². The smallest absolute Gasteiger partial charge is 0.338 e. The van der Waals surface area contributed by atoms with Gasteiger partial charge < -0.3 is 10.1 Å². The van der Waals surface area contributed by atoms with Gasteiger partial charge >= 0.3 is 5.97 Å². The number of nitrogens with one attached hydrogen (secondary N) is 1. The highest BCUT2D eigenvalue weighted by Crippen LogP contribution is 2.10. The summed E-state index contributed by atoms with van der Waals surface area (Å²) in [5, 5.41) is 7.39. The SMILES string of the molecule is O=C(COC(=O)c1ccc(-n2cncn2)cc1)NCCc1ccc(Cl)cc1. The Labute approximate surface area is 160 Å². The van der Waals surface area contributed by atoms with Crippen LogP contribution in [0.2, 0.25) is 5.02 Å². The van der Waals surface area contributed by atoms with Crippen LogP contribution in [0.4, 0.5) is 0 Å². The molecule has 0 radical (unpaired) electrons. The van der Waals surface area contributed by atoms with Gasteiger partial charge in [0, 0.05) is 11.6 Å². The van der Waals surface area contributed by atoms with Gasteiger partial charge in [0.25, 0.3) is 5.91 Å². The van der Waals surface area contributed by atoms with E-state index in [2.05, 4.69) is 15.4 Å². The van der Waals surface area contributed by atoms with Crippen molar-refractivity contribution in [2.75, 3.05) is 13.2 Å². The van der Waals surface area contributed by atoms with Crippen LogP contribution in [0.25, 0.3) is 5.69 Å². The number of hydrogen-bond donors (Lipinski definition) is 1. The standard InChI is InChI=1S/C19H17ClN4O3/c20-16-5-1-14(2-6-16)9-10-22-18(25)11-27-19(26)15-3-7-17(8-4-15)24-13-21-12-23-24/h1-8,12-13H,9-11H2,(H,22,25). The van der Waals surface area contributed by atoms with E-state index < -0.39 is 5.97 Å². The van der Waals surface area contributed by atoms with E-state index in [1.165, 1.54) is 6.33 Å². The van der Waals surface area contributed by atoms with Crippen molar-refractivity contribution in [2.45, 2.75) is 6.42 Å². The maximum Gasteiger partial charge on any atom is 0.338 e. The molecule has 1 heterocycles. The Balaban J connectivity index is 1.41. The Hall–Kier alpha value is -3.19. The van der Waals surface area contributed by atoms with Crippen LogP contribution in [-0.2, 0) is 16.0 Å². The number of esters is 1. The molecule has 1 amide bonds. The van der Waals surface area contributed by atoms with Gasteiger partial charge in [-0.05, 0) is 48.4 Å². The van der Waals surface area contributed by atoms with Gasteiger partial charge in [-0.25, -0.2) is 14.5 Å². The molecule has 0 aliphatic heterocycles. The molecule has 8 heteroatoms. The average Bonchev–Trinajstić information content (AvgIpc) is 3.22. The summed E-state index contributed by atoms with van der Waals surface area (Å²) in [5.74, 6) is -0.912. The minimum absolute atomic E-state index is 0.329. The predicted octanol–water partition coefficient (Wildman–Crippen LogP) is 2.44. The summed E-state index contributed by atoms with van der Waals surface area (Å²) in [4.78, 5) is 27.7. The highest BCUT2D eigenvalue weighted by molar-refractivity contribution is 6.30. The van der Waals surface area contributed by atoms with Crippen molar-refractivity contribution in [3.63, 3.8) is 0 Å². The third kappa shape index (κ3) is 5.39. The first-order valence-corrected chi connectivity index (χ1v) is 8.63. The minimum atomic E-state index is -0.562. The largest absolute Gasteiger partial charge is 0.452 e. The Bertz CT molecular complexity index is 894. The van der Waals surface area contributed by atoms with E-state index in [4.69, 9.17) is 16.3 Å². The van der Waals surface area contributed by atoms with E-state index in [0.717, 1.165) is 11.3 Å². The fourth-order valence-electron chi connectivity index (χ4n) is 2.35. The second kappa shape index (κ2) is 8.95. The van der Waals surface area contributed by atoms with Crippen molar-refractivity contribution in [1.29, 1.82) is 0 Å². The van der Waals surface area contributed by atoms with Crippen LogP contribution in [0, 0.1) is 0 Å². The molecule has 27 heavy (non-hydrogen) atoms. The number of rotatable bonds is 7. The van der Waals surface area contributed by atoms with Crippen molar-refractivity contribution < 1.29 is 14.3 Å². The molecule has 0 unspecified atom stereocenters. The molecule has 0 fully saturated rings. The number of amides is 1. The lowest BCUT2D eigenvalue weighted by Gasteiger charge is -2.07. The molecule has 0 aliphatic carbocycles. The number of halogens is 1. The van der Waals surface area contributed by atoms with Gasteiger partial charge in [0.05, 0.1) is 11.3 Å². The molecule has 0 saturated heterocycles. The normalized spacial score (nSPS) is 10.4. The number of carbonyl (C=O) groups excluding carboxylic acids is 2. The highest BCUT2D eigenvalue weighted by atomic mass is 35.5. The summed E-state index contributed by atoms with van der Waals surface area (Å²) >= 11 is 5.83.